The average molecular weight is 1370 g/mol. The quantitative estimate of drug-likeness (QED) is 0.114. The van der Waals surface area contributed by atoms with Crippen molar-refractivity contribution < 1.29 is 4.42 Å². The van der Waals surface area contributed by atoms with Gasteiger partial charge in [-0.05, 0) is 259 Å². The first kappa shape index (κ1) is 61.1. The van der Waals surface area contributed by atoms with Gasteiger partial charge in [-0.3, -0.25) is 0 Å². The number of thiophene rings is 1. The SMILES string of the molecule is c1cc(-c2ccc3ccccc3c2)cc(N(c2ccc(-c3cc4ccccc4c4ccccc34)cc2)c2ccc3sc4c(-c5cc(-c6ccc7ccccc7c6)cc(N(c6ccc(-c7ccc8c(ccc9ccccc98)c7)cc6)c6ccc(-c7ccc8c(c7)oc7ccccc78)cc6)c5)cccc4c3c2)c1. The van der Waals surface area contributed by atoms with Crippen molar-refractivity contribution in [2.75, 3.05) is 9.80 Å². The molecule has 21 aromatic rings. The molecule has 0 aliphatic carbocycles. The van der Waals surface area contributed by atoms with Gasteiger partial charge < -0.3 is 14.2 Å². The highest BCUT2D eigenvalue weighted by molar-refractivity contribution is 7.26. The van der Waals surface area contributed by atoms with E-state index in [-0.39, 0.29) is 0 Å². The van der Waals surface area contributed by atoms with Crippen LogP contribution in [0.5, 0.6) is 0 Å². The van der Waals surface area contributed by atoms with E-state index >= 15 is 0 Å². The summed E-state index contributed by atoms with van der Waals surface area (Å²) >= 11 is 1.87. The summed E-state index contributed by atoms with van der Waals surface area (Å²) in [7, 11) is 0. The minimum absolute atomic E-state index is 0.880. The second-order valence-electron chi connectivity index (χ2n) is 27.9. The van der Waals surface area contributed by atoms with E-state index in [0.29, 0.717) is 0 Å². The van der Waals surface area contributed by atoms with Gasteiger partial charge in [0.2, 0.25) is 0 Å². The van der Waals surface area contributed by atoms with E-state index in [0.717, 1.165) is 95.0 Å². The fraction of sp³-hybridized carbons (Fsp3) is 0. The van der Waals surface area contributed by atoms with E-state index in [1.54, 1.807) is 0 Å². The molecule has 3 nitrogen and oxygen atoms in total. The molecule has 494 valence electrons. The zero-order chi connectivity index (χ0) is 69.8. The van der Waals surface area contributed by atoms with E-state index < -0.39 is 0 Å². The largest absolute Gasteiger partial charge is 0.456 e. The van der Waals surface area contributed by atoms with Crippen molar-refractivity contribution >= 4 is 152 Å². The molecule has 0 fully saturated rings. The zero-order valence-electron chi connectivity index (χ0n) is 57.7. The van der Waals surface area contributed by atoms with Crippen LogP contribution in [0.15, 0.2) is 393 Å². The van der Waals surface area contributed by atoms with Crippen LogP contribution >= 0.6 is 11.3 Å². The average Bonchev–Trinajstić information content (AvgIpc) is 1.44. The molecule has 106 heavy (non-hydrogen) atoms. The Balaban J connectivity index is 0.712. The van der Waals surface area contributed by atoms with Crippen LogP contribution in [0, 0.1) is 0 Å². The summed E-state index contributed by atoms with van der Waals surface area (Å²) in [6.07, 6.45) is 0. The summed E-state index contributed by atoms with van der Waals surface area (Å²) in [4.78, 5) is 4.88. The monoisotopic (exact) mass is 1360 g/mol. The molecule has 2 aromatic heterocycles. The highest BCUT2D eigenvalue weighted by atomic mass is 32.1. The maximum Gasteiger partial charge on any atom is 0.136 e. The Morgan fingerprint density at radius 3 is 1.33 bits per heavy atom. The van der Waals surface area contributed by atoms with Gasteiger partial charge in [-0.2, -0.15) is 0 Å². The van der Waals surface area contributed by atoms with Crippen LogP contribution in [0.2, 0.25) is 0 Å². The molecule has 2 heterocycles. The van der Waals surface area contributed by atoms with E-state index in [2.05, 4.69) is 386 Å². The van der Waals surface area contributed by atoms with Crippen LogP contribution in [0.3, 0.4) is 0 Å². The number of anilines is 6. The molecule has 19 aromatic carbocycles. The fourth-order valence-corrected chi connectivity index (χ4v) is 17.7. The molecular formula is C102H64N2OS. The van der Waals surface area contributed by atoms with Gasteiger partial charge >= 0.3 is 0 Å². The minimum atomic E-state index is 0.880. The third kappa shape index (κ3) is 10.6. The van der Waals surface area contributed by atoms with Crippen molar-refractivity contribution in [3.8, 4) is 66.8 Å². The molecule has 0 bridgehead atoms. The van der Waals surface area contributed by atoms with Crippen molar-refractivity contribution in [3.05, 3.63) is 388 Å². The molecule has 0 amide bonds. The van der Waals surface area contributed by atoms with Crippen molar-refractivity contribution in [2.24, 2.45) is 0 Å². The van der Waals surface area contributed by atoms with Gasteiger partial charge in [-0.15, -0.1) is 11.3 Å². The molecule has 0 atom stereocenters. The fourth-order valence-electron chi connectivity index (χ4n) is 16.5. The topological polar surface area (TPSA) is 19.6 Å². The van der Waals surface area contributed by atoms with Crippen molar-refractivity contribution in [3.63, 3.8) is 0 Å². The maximum atomic E-state index is 6.43. The normalized spacial score (nSPS) is 11.8. The number of nitrogens with zero attached hydrogens (tertiary/aromatic N) is 2. The van der Waals surface area contributed by atoms with E-state index in [1.807, 2.05) is 23.5 Å². The second kappa shape index (κ2) is 25.1. The summed E-state index contributed by atoms with van der Waals surface area (Å²) in [5, 5.41) is 19.5. The summed E-state index contributed by atoms with van der Waals surface area (Å²) in [5.74, 6) is 0. The summed E-state index contributed by atoms with van der Waals surface area (Å²) in [6, 6.07) is 144. The molecule has 0 saturated heterocycles. The lowest BCUT2D eigenvalue weighted by atomic mass is 9.93. The Bertz CT molecular complexity index is 7090. The van der Waals surface area contributed by atoms with E-state index in [4.69, 9.17) is 4.42 Å². The lowest BCUT2D eigenvalue weighted by molar-refractivity contribution is 0.669. The van der Waals surface area contributed by atoms with Crippen molar-refractivity contribution in [1.29, 1.82) is 0 Å². The van der Waals surface area contributed by atoms with Gasteiger partial charge in [-0.1, -0.05) is 261 Å². The number of benzene rings is 19. The van der Waals surface area contributed by atoms with Crippen LogP contribution in [0.25, 0.3) is 174 Å². The van der Waals surface area contributed by atoms with E-state index in [1.165, 1.54) is 113 Å². The standard InChI is InChI=1S/C102H64N2OS/c1-3-18-71-55-75(34-31-65(71)15-1)73-21-13-22-85(59-73)104(84-49-41-70(42-50-84)97-62-78-20-6-8-24-89(78)92-25-9-10-26-93(92)97)86-51-54-101-98(64-86)96-29-14-28-91(102(96)106-101)81-58-80(76-35-32-66-16-2-4-19-72(66)56-76)60-87(61-81)103(83-47-39-68(40-48-83)77-44-53-95-94-27-11-12-30-99(94)105-100(95)63-77)82-45-37-67(38-46-82)74-43-52-90-79(57-74)36-33-69-17-5-7-23-88(69)90/h1-64H. The van der Waals surface area contributed by atoms with E-state index in [9.17, 15) is 0 Å². The Hall–Kier alpha value is -13.6. The highest BCUT2D eigenvalue weighted by Crippen LogP contribution is 2.49. The highest BCUT2D eigenvalue weighted by Gasteiger charge is 2.23. The third-order valence-electron chi connectivity index (χ3n) is 21.7. The molecule has 0 unspecified atom stereocenters. The van der Waals surface area contributed by atoms with Gasteiger partial charge in [0.25, 0.3) is 0 Å². The van der Waals surface area contributed by atoms with Crippen LogP contribution in [0.4, 0.5) is 34.1 Å². The minimum Gasteiger partial charge on any atom is -0.456 e. The van der Waals surface area contributed by atoms with Crippen LogP contribution in [-0.2, 0) is 0 Å². The molecule has 0 N–H and O–H groups in total. The Morgan fingerprint density at radius 2 is 0.613 bits per heavy atom. The van der Waals surface area contributed by atoms with Crippen molar-refractivity contribution in [2.45, 2.75) is 0 Å². The molecule has 0 aliphatic rings. The number of para-hydroxylation sites is 1. The molecule has 21 rings (SSSR count). The number of fused-ring (bicyclic) bond motifs is 14. The predicted molar refractivity (Wildman–Crippen MR) is 454 cm³/mol. The first-order valence-electron chi connectivity index (χ1n) is 36.3. The molecule has 0 radical (unpaired) electrons. The lowest BCUT2D eigenvalue weighted by Gasteiger charge is -2.27. The van der Waals surface area contributed by atoms with Gasteiger partial charge in [-0.25, -0.2) is 0 Å². The van der Waals surface area contributed by atoms with Gasteiger partial charge in [0.05, 0.1) is 0 Å². The number of hydrogen-bond acceptors (Lipinski definition) is 4. The molecule has 4 heteroatoms. The zero-order valence-corrected chi connectivity index (χ0v) is 58.5. The van der Waals surface area contributed by atoms with Gasteiger partial charge in [0, 0.05) is 65.1 Å². The summed E-state index contributed by atoms with van der Waals surface area (Å²) in [6.45, 7) is 0. The van der Waals surface area contributed by atoms with Gasteiger partial charge in [0.1, 0.15) is 11.2 Å². The first-order valence-corrected chi connectivity index (χ1v) is 37.1. The van der Waals surface area contributed by atoms with Gasteiger partial charge in [0.15, 0.2) is 0 Å². The van der Waals surface area contributed by atoms with Crippen LogP contribution in [-0.4, -0.2) is 0 Å². The summed E-state index contributed by atoms with van der Waals surface area (Å²) in [5.41, 5.74) is 22.0. The smallest absolute Gasteiger partial charge is 0.136 e. The molecule has 0 spiro atoms. The third-order valence-corrected chi connectivity index (χ3v) is 23.0. The van der Waals surface area contributed by atoms with Crippen molar-refractivity contribution in [1.82, 2.24) is 0 Å². The summed E-state index contributed by atoms with van der Waals surface area (Å²) < 4.78 is 8.89. The first-order chi connectivity index (χ1) is 52.5. The number of hydrogen-bond donors (Lipinski definition) is 0. The predicted octanol–water partition coefficient (Wildman–Crippen LogP) is 29.8. The lowest BCUT2D eigenvalue weighted by Crippen LogP contribution is -2.10. The molecule has 0 aliphatic heterocycles. The second-order valence-corrected chi connectivity index (χ2v) is 29.0. The number of rotatable bonds is 12. The Kier molecular flexibility index (Phi) is 14.5. The molecular weight excluding hydrogens is 1300 g/mol. The Morgan fingerprint density at radius 1 is 0.179 bits per heavy atom. The van der Waals surface area contributed by atoms with Crippen LogP contribution < -0.4 is 9.80 Å². The molecule has 0 saturated carbocycles. The maximum absolute atomic E-state index is 6.43. The Labute approximate surface area is 617 Å². The number of furan rings is 1. The van der Waals surface area contributed by atoms with Crippen LogP contribution in [0.1, 0.15) is 0 Å².